The third kappa shape index (κ3) is 4.02. The molecule has 1 aliphatic heterocycles. The summed E-state index contributed by atoms with van der Waals surface area (Å²) < 4.78 is 39.6. The van der Waals surface area contributed by atoms with Gasteiger partial charge in [-0.15, -0.1) is 0 Å². The van der Waals surface area contributed by atoms with Crippen LogP contribution in [-0.2, 0) is 11.0 Å². The Hall–Kier alpha value is -1.53. The summed E-state index contributed by atoms with van der Waals surface area (Å²) in [5.41, 5.74) is -0.843. The van der Waals surface area contributed by atoms with E-state index in [9.17, 15) is 18.0 Å². The van der Waals surface area contributed by atoms with Gasteiger partial charge in [0.15, 0.2) is 5.69 Å². The minimum absolute atomic E-state index is 0.0560. The van der Waals surface area contributed by atoms with Crippen LogP contribution >= 0.6 is 0 Å². The van der Waals surface area contributed by atoms with E-state index in [0.717, 1.165) is 30.7 Å². The second kappa shape index (κ2) is 7.47. The fourth-order valence-corrected chi connectivity index (χ4v) is 5.05. The van der Waals surface area contributed by atoms with Crippen LogP contribution in [0.2, 0.25) is 0 Å². The van der Waals surface area contributed by atoms with Gasteiger partial charge in [0.2, 0.25) is 5.91 Å². The monoisotopic (exact) mass is 383 g/mol. The lowest BCUT2D eigenvalue weighted by Crippen LogP contribution is -2.43. The van der Waals surface area contributed by atoms with E-state index < -0.39 is 11.9 Å². The molecule has 3 aliphatic rings. The lowest BCUT2D eigenvalue weighted by Gasteiger charge is -2.40. The van der Waals surface area contributed by atoms with Crippen LogP contribution in [0.25, 0.3) is 0 Å². The van der Waals surface area contributed by atoms with Gasteiger partial charge in [-0.2, -0.15) is 18.3 Å². The molecule has 4 nitrogen and oxygen atoms in total. The van der Waals surface area contributed by atoms with Gasteiger partial charge >= 0.3 is 6.18 Å². The number of carbonyl (C=O) groups is 1. The van der Waals surface area contributed by atoms with Crippen molar-refractivity contribution in [3.8, 4) is 0 Å². The van der Waals surface area contributed by atoms with Crippen molar-refractivity contribution in [1.29, 1.82) is 0 Å². The van der Waals surface area contributed by atoms with E-state index in [1.807, 2.05) is 4.90 Å². The van der Waals surface area contributed by atoms with Crippen molar-refractivity contribution in [1.82, 2.24) is 14.7 Å². The van der Waals surface area contributed by atoms with E-state index in [4.69, 9.17) is 0 Å². The van der Waals surface area contributed by atoms with Crippen molar-refractivity contribution in [3.05, 3.63) is 18.0 Å². The van der Waals surface area contributed by atoms with Gasteiger partial charge < -0.3 is 4.90 Å². The second-order valence-corrected chi connectivity index (χ2v) is 8.54. The highest BCUT2D eigenvalue weighted by Gasteiger charge is 2.37. The van der Waals surface area contributed by atoms with Crippen molar-refractivity contribution < 1.29 is 18.0 Å². The topological polar surface area (TPSA) is 38.1 Å². The predicted molar refractivity (Wildman–Crippen MR) is 94.9 cm³/mol. The number of hydrogen-bond acceptors (Lipinski definition) is 2. The van der Waals surface area contributed by atoms with Crippen molar-refractivity contribution >= 4 is 5.91 Å². The molecule has 0 N–H and O–H groups in total. The van der Waals surface area contributed by atoms with Gasteiger partial charge in [0.1, 0.15) is 0 Å². The Kier molecular flexibility index (Phi) is 5.21. The van der Waals surface area contributed by atoms with Crippen LogP contribution in [0.3, 0.4) is 0 Å². The first kappa shape index (κ1) is 18.8. The number of alkyl halides is 3. The van der Waals surface area contributed by atoms with Crippen LogP contribution in [0, 0.1) is 17.8 Å². The Labute approximate surface area is 158 Å². The largest absolute Gasteiger partial charge is 0.435 e. The maximum Gasteiger partial charge on any atom is 0.435 e. The molecule has 2 saturated carbocycles. The Morgan fingerprint density at radius 3 is 2.11 bits per heavy atom. The summed E-state index contributed by atoms with van der Waals surface area (Å²) in [6, 6.07) is 0.970. The van der Waals surface area contributed by atoms with Gasteiger partial charge in [-0.05, 0) is 56.4 Å². The maximum absolute atomic E-state index is 12.8. The molecule has 0 spiro atoms. The standard InChI is InChI=1S/C20H28F3N3O/c21-20(22,23)18-10-13-26(24-18)17-8-11-25(12-9-17)19(27)16-6-4-15(5-7-16)14-2-1-3-14/h10,13-17H,1-9,11-12H2. The highest BCUT2D eigenvalue weighted by molar-refractivity contribution is 5.79. The third-order valence-electron chi connectivity index (χ3n) is 6.99. The summed E-state index contributed by atoms with van der Waals surface area (Å²) in [4.78, 5) is 14.8. The van der Waals surface area contributed by atoms with Gasteiger partial charge in [-0.1, -0.05) is 19.3 Å². The molecule has 3 fully saturated rings. The predicted octanol–water partition coefficient (Wildman–Crippen LogP) is 4.67. The molecular weight excluding hydrogens is 355 g/mol. The molecule has 4 rings (SSSR count). The molecule has 0 aromatic carbocycles. The van der Waals surface area contributed by atoms with Gasteiger partial charge in [-0.3, -0.25) is 9.48 Å². The fraction of sp³-hybridized carbons (Fsp3) is 0.800. The van der Waals surface area contributed by atoms with Crippen molar-refractivity contribution in [3.63, 3.8) is 0 Å². The van der Waals surface area contributed by atoms with Gasteiger partial charge in [0.05, 0.1) is 6.04 Å². The number of piperidine rings is 1. The van der Waals surface area contributed by atoms with Crippen LogP contribution in [0.15, 0.2) is 12.3 Å². The highest BCUT2D eigenvalue weighted by Crippen LogP contribution is 2.43. The summed E-state index contributed by atoms with van der Waals surface area (Å²) in [5, 5.41) is 3.69. The smallest absolute Gasteiger partial charge is 0.342 e. The quantitative estimate of drug-likeness (QED) is 0.761. The Balaban J connectivity index is 1.26. The Morgan fingerprint density at radius 2 is 1.59 bits per heavy atom. The van der Waals surface area contributed by atoms with E-state index in [2.05, 4.69) is 5.10 Å². The minimum Gasteiger partial charge on any atom is -0.342 e. The number of carbonyl (C=O) groups excluding carboxylic acids is 1. The first-order chi connectivity index (χ1) is 12.9. The molecular formula is C20H28F3N3O. The number of amides is 1. The molecule has 1 amide bonds. The number of halogens is 3. The van der Waals surface area contributed by atoms with Crippen LogP contribution in [-0.4, -0.2) is 33.7 Å². The number of hydrogen-bond donors (Lipinski definition) is 0. The normalized spacial score (nSPS) is 28.2. The molecule has 0 unspecified atom stereocenters. The lowest BCUT2D eigenvalue weighted by atomic mass is 9.68. The molecule has 7 heteroatoms. The number of rotatable bonds is 3. The molecule has 1 saturated heterocycles. The zero-order chi connectivity index (χ0) is 19.0. The lowest BCUT2D eigenvalue weighted by molar-refractivity contribution is -0.141. The first-order valence-electron chi connectivity index (χ1n) is 10.3. The van der Waals surface area contributed by atoms with Gasteiger partial charge in [0.25, 0.3) is 0 Å². The summed E-state index contributed by atoms with van der Waals surface area (Å²) >= 11 is 0. The van der Waals surface area contributed by atoms with Crippen LogP contribution in [0.4, 0.5) is 13.2 Å². The number of nitrogens with zero attached hydrogens (tertiary/aromatic N) is 3. The maximum atomic E-state index is 12.8. The summed E-state index contributed by atoms with van der Waals surface area (Å²) in [6.45, 7) is 1.24. The van der Waals surface area contributed by atoms with Crippen LogP contribution in [0.1, 0.15) is 69.5 Å². The zero-order valence-corrected chi connectivity index (χ0v) is 15.6. The average Bonchev–Trinajstić information content (AvgIpc) is 3.11. The molecule has 2 aliphatic carbocycles. The zero-order valence-electron chi connectivity index (χ0n) is 15.6. The minimum atomic E-state index is -4.40. The Bertz CT molecular complexity index is 652. The molecule has 0 bridgehead atoms. The Morgan fingerprint density at radius 1 is 0.963 bits per heavy atom. The fourth-order valence-electron chi connectivity index (χ4n) is 5.05. The van der Waals surface area contributed by atoms with E-state index in [0.29, 0.717) is 25.9 Å². The number of likely N-dealkylation sites (tertiary alicyclic amines) is 1. The van der Waals surface area contributed by atoms with E-state index >= 15 is 0 Å². The SMILES string of the molecule is O=C(C1CCC(C2CCC2)CC1)N1CCC(n2ccc(C(F)(F)F)n2)CC1. The van der Waals surface area contributed by atoms with E-state index in [-0.39, 0.29) is 17.9 Å². The molecule has 27 heavy (non-hydrogen) atoms. The van der Waals surface area contributed by atoms with E-state index in [1.165, 1.54) is 43.0 Å². The molecule has 0 radical (unpaired) electrons. The number of aromatic nitrogens is 2. The average molecular weight is 383 g/mol. The second-order valence-electron chi connectivity index (χ2n) is 8.54. The summed E-state index contributed by atoms with van der Waals surface area (Å²) in [7, 11) is 0. The summed E-state index contributed by atoms with van der Waals surface area (Å²) in [6.07, 6.45) is 6.86. The van der Waals surface area contributed by atoms with Gasteiger partial charge in [-0.25, -0.2) is 0 Å². The first-order valence-corrected chi connectivity index (χ1v) is 10.3. The molecule has 2 heterocycles. The molecule has 1 aromatic rings. The van der Waals surface area contributed by atoms with Crippen molar-refractivity contribution in [2.24, 2.45) is 17.8 Å². The molecule has 1 aromatic heterocycles. The van der Waals surface area contributed by atoms with Crippen LogP contribution in [0.5, 0.6) is 0 Å². The molecule has 0 atom stereocenters. The van der Waals surface area contributed by atoms with Crippen molar-refractivity contribution in [2.45, 2.75) is 70.0 Å². The molecule has 150 valence electrons. The van der Waals surface area contributed by atoms with E-state index in [1.54, 1.807) is 0 Å². The summed E-state index contributed by atoms with van der Waals surface area (Å²) in [5.74, 6) is 2.15. The highest BCUT2D eigenvalue weighted by atomic mass is 19.4. The van der Waals surface area contributed by atoms with Crippen molar-refractivity contribution in [2.75, 3.05) is 13.1 Å². The third-order valence-corrected chi connectivity index (χ3v) is 6.99. The van der Waals surface area contributed by atoms with Crippen LogP contribution < -0.4 is 0 Å². The van der Waals surface area contributed by atoms with Gasteiger partial charge in [0, 0.05) is 25.2 Å².